The molecule has 0 spiro atoms. The molecule has 1 aromatic rings. The molecule has 1 aromatic carbocycles. The van der Waals surface area contributed by atoms with Crippen molar-refractivity contribution in [3.8, 4) is 0 Å². The van der Waals surface area contributed by atoms with Crippen LogP contribution in [-0.4, -0.2) is 36.7 Å². The van der Waals surface area contributed by atoms with Crippen LogP contribution in [-0.2, 0) is 20.9 Å². The van der Waals surface area contributed by atoms with Crippen LogP contribution in [0.25, 0.3) is 0 Å². The van der Waals surface area contributed by atoms with Crippen LogP contribution < -0.4 is 0 Å². The number of rotatable bonds is 6. The fraction of sp³-hybridized carbons (Fsp3) is 0.556. The van der Waals surface area contributed by atoms with Gasteiger partial charge in [0.2, 0.25) is 5.60 Å². The molecule has 1 atom stereocenters. The SMILES string of the molecule is CCC(OC(=O)N(C)C)(C(=O)OCc1ccccc1)C1(C)CC1. The summed E-state index contributed by atoms with van der Waals surface area (Å²) in [6, 6.07) is 9.48. The van der Waals surface area contributed by atoms with Gasteiger partial charge in [0.25, 0.3) is 0 Å². The number of benzene rings is 1. The Labute approximate surface area is 137 Å². The Bertz CT molecular complexity index is 566. The van der Waals surface area contributed by atoms with Gasteiger partial charge in [0.15, 0.2) is 0 Å². The summed E-state index contributed by atoms with van der Waals surface area (Å²) < 4.78 is 11.1. The molecule has 1 aliphatic carbocycles. The van der Waals surface area contributed by atoms with Crippen molar-refractivity contribution >= 4 is 12.1 Å². The standard InChI is InChI=1S/C18H25NO4/c1-5-18(17(2)11-12-17,23-16(21)19(3)4)15(20)22-13-14-9-7-6-8-10-14/h6-10H,5,11-13H2,1-4H3. The smallest absolute Gasteiger partial charge is 0.410 e. The Hall–Kier alpha value is -2.04. The molecule has 0 bridgehead atoms. The van der Waals surface area contributed by atoms with E-state index in [0.29, 0.717) is 6.42 Å². The van der Waals surface area contributed by atoms with Gasteiger partial charge in [-0.1, -0.05) is 44.2 Å². The van der Waals surface area contributed by atoms with Crippen LogP contribution in [0.15, 0.2) is 30.3 Å². The molecule has 23 heavy (non-hydrogen) atoms. The van der Waals surface area contributed by atoms with Crippen molar-refractivity contribution in [2.45, 2.75) is 45.3 Å². The second-order valence-electron chi connectivity index (χ2n) is 6.57. The molecular formula is C18H25NO4. The number of ether oxygens (including phenoxy) is 2. The maximum atomic E-state index is 12.8. The maximum absolute atomic E-state index is 12.8. The number of hydrogen-bond acceptors (Lipinski definition) is 4. The van der Waals surface area contributed by atoms with Crippen molar-refractivity contribution in [3.05, 3.63) is 35.9 Å². The van der Waals surface area contributed by atoms with Crippen molar-refractivity contribution in [1.29, 1.82) is 0 Å². The normalized spacial score (nSPS) is 17.7. The maximum Gasteiger partial charge on any atom is 0.410 e. The van der Waals surface area contributed by atoms with E-state index in [0.717, 1.165) is 18.4 Å². The van der Waals surface area contributed by atoms with E-state index in [2.05, 4.69) is 0 Å². The first kappa shape index (κ1) is 17.3. The Morgan fingerprint density at radius 2 is 1.83 bits per heavy atom. The Balaban J connectivity index is 2.16. The fourth-order valence-corrected chi connectivity index (χ4v) is 2.73. The Kier molecular flexibility index (Phi) is 4.97. The molecule has 5 nitrogen and oxygen atoms in total. The summed E-state index contributed by atoms with van der Waals surface area (Å²) in [4.78, 5) is 26.2. The molecule has 0 N–H and O–H groups in total. The highest BCUT2D eigenvalue weighted by atomic mass is 16.6. The Morgan fingerprint density at radius 3 is 2.30 bits per heavy atom. The van der Waals surface area contributed by atoms with Crippen molar-refractivity contribution in [2.75, 3.05) is 14.1 Å². The van der Waals surface area contributed by atoms with Gasteiger partial charge in [-0.25, -0.2) is 9.59 Å². The van der Waals surface area contributed by atoms with Gasteiger partial charge in [0.05, 0.1) is 0 Å². The molecule has 126 valence electrons. The monoisotopic (exact) mass is 319 g/mol. The van der Waals surface area contributed by atoms with Gasteiger partial charge in [-0.3, -0.25) is 0 Å². The summed E-state index contributed by atoms with van der Waals surface area (Å²) in [5, 5.41) is 0. The van der Waals surface area contributed by atoms with Crippen molar-refractivity contribution in [3.63, 3.8) is 0 Å². The first-order valence-electron chi connectivity index (χ1n) is 7.96. The predicted octanol–water partition coefficient (Wildman–Crippen LogP) is 3.38. The quantitative estimate of drug-likeness (QED) is 0.754. The molecule has 0 aromatic heterocycles. The lowest BCUT2D eigenvalue weighted by molar-refractivity contribution is -0.176. The highest BCUT2D eigenvalue weighted by Crippen LogP contribution is 2.57. The molecule has 0 saturated heterocycles. The molecule has 1 amide bonds. The van der Waals surface area contributed by atoms with Gasteiger partial charge in [-0.15, -0.1) is 0 Å². The van der Waals surface area contributed by atoms with Crippen molar-refractivity contribution in [1.82, 2.24) is 4.90 Å². The third kappa shape index (κ3) is 3.49. The van der Waals surface area contributed by atoms with Crippen LogP contribution >= 0.6 is 0 Å². The molecule has 0 aliphatic heterocycles. The highest BCUT2D eigenvalue weighted by molar-refractivity contribution is 5.84. The zero-order chi connectivity index (χ0) is 17.1. The molecule has 1 fully saturated rings. The van der Waals surface area contributed by atoms with E-state index < -0.39 is 17.7 Å². The minimum absolute atomic E-state index is 0.178. The lowest BCUT2D eigenvalue weighted by atomic mass is 9.83. The van der Waals surface area contributed by atoms with Crippen LogP contribution in [0.3, 0.4) is 0 Å². The van der Waals surface area contributed by atoms with E-state index >= 15 is 0 Å². The number of esters is 1. The first-order chi connectivity index (χ1) is 10.8. The van der Waals surface area contributed by atoms with E-state index in [1.165, 1.54) is 4.90 Å². The third-order valence-electron chi connectivity index (χ3n) is 4.64. The number of amides is 1. The molecule has 5 heteroatoms. The van der Waals surface area contributed by atoms with E-state index in [4.69, 9.17) is 9.47 Å². The van der Waals surface area contributed by atoms with Crippen molar-refractivity contribution in [2.24, 2.45) is 5.41 Å². The van der Waals surface area contributed by atoms with Gasteiger partial charge >= 0.3 is 12.1 Å². The molecule has 2 rings (SSSR count). The number of carbonyl (C=O) groups excluding carboxylic acids is 2. The molecule has 1 unspecified atom stereocenters. The fourth-order valence-electron chi connectivity index (χ4n) is 2.73. The summed E-state index contributed by atoms with van der Waals surface area (Å²) in [5.74, 6) is -0.459. The van der Waals surface area contributed by atoms with Crippen LogP contribution in [0.2, 0.25) is 0 Å². The zero-order valence-electron chi connectivity index (χ0n) is 14.3. The Morgan fingerprint density at radius 1 is 1.22 bits per heavy atom. The van der Waals surface area contributed by atoms with Gasteiger partial charge in [-0.2, -0.15) is 0 Å². The largest absolute Gasteiger partial charge is 0.458 e. The minimum atomic E-state index is -1.22. The number of carbonyl (C=O) groups is 2. The van der Waals surface area contributed by atoms with Crippen LogP contribution in [0.4, 0.5) is 4.79 Å². The van der Waals surface area contributed by atoms with E-state index in [9.17, 15) is 9.59 Å². The number of nitrogens with zero attached hydrogens (tertiary/aromatic N) is 1. The lowest BCUT2D eigenvalue weighted by Gasteiger charge is -2.36. The summed E-state index contributed by atoms with van der Waals surface area (Å²) in [5.41, 5.74) is -0.657. The molecule has 0 heterocycles. The van der Waals surface area contributed by atoms with Gasteiger partial charge in [0, 0.05) is 19.5 Å². The highest BCUT2D eigenvalue weighted by Gasteiger charge is 2.63. The lowest BCUT2D eigenvalue weighted by Crippen LogP contribution is -2.52. The molecule has 0 radical (unpaired) electrons. The van der Waals surface area contributed by atoms with Crippen LogP contribution in [0, 0.1) is 5.41 Å². The minimum Gasteiger partial charge on any atom is -0.458 e. The predicted molar refractivity (Wildman–Crippen MR) is 86.8 cm³/mol. The van der Waals surface area contributed by atoms with E-state index in [1.54, 1.807) is 14.1 Å². The second kappa shape index (κ2) is 6.60. The molecule has 1 aliphatic rings. The average Bonchev–Trinajstić information content (AvgIpc) is 3.30. The van der Waals surface area contributed by atoms with Gasteiger partial charge in [0.1, 0.15) is 6.61 Å². The summed E-state index contributed by atoms with van der Waals surface area (Å²) >= 11 is 0. The van der Waals surface area contributed by atoms with Crippen LogP contribution in [0.1, 0.15) is 38.7 Å². The molecule has 1 saturated carbocycles. The topological polar surface area (TPSA) is 55.8 Å². The summed E-state index contributed by atoms with van der Waals surface area (Å²) in [7, 11) is 3.21. The molecular weight excluding hydrogens is 294 g/mol. The van der Waals surface area contributed by atoms with Crippen molar-refractivity contribution < 1.29 is 19.1 Å². The summed E-state index contributed by atoms with van der Waals surface area (Å²) in [6.07, 6.45) is 1.58. The zero-order valence-corrected chi connectivity index (χ0v) is 14.3. The van der Waals surface area contributed by atoms with E-state index in [1.807, 2.05) is 44.2 Å². The van der Waals surface area contributed by atoms with Gasteiger partial charge < -0.3 is 14.4 Å². The van der Waals surface area contributed by atoms with Gasteiger partial charge in [-0.05, 0) is 24.8 Å². The summed E-state index contributed by atoms with van der Waals surface area (Å²) in [6.45, 7) is 4.01. The average molecular weight is 319 g/mol. The first-order valence-corrected chi connectivity index (χ1v) is 7.96. The third-order valence-corrected chi connectivity index (χ3v) is 4.64. The van der Waals surface area contributed by atoms with Crippen LogP contribution in [0.5, 0.6) is 0 Å². The van der Waals surface area contributed by atoms with E-state index in [-0.39, 0.29) is 12.0 Å². The second-order valence-corrected chi connectivity index (χ2v) is 6.57. The number of hydrogen-bond donors (Lipinski definition) is 0.